The van der Waals surface area contributed by atoms with Crippen molar-refractivity contribution in [3.8, 4) is 0 Å². The lowest BCUT2D eigenvalue weighted by atomic mass is 10.1. The molecule has 110 valence electrons. The molecule has 2 aromatic rings. The molecule has 0 spiro atoms. The zero-order valence-electron chi connectivity index (χ0n) is 12.4. The van der Waals surface area contributed by atoms with Crippen LogP contribution in [-0.4, -0.2) is 7.05 Å². The highest BCUT2D eigenvalue weighted by molar-refractivity contribution is 9.10. The average Bonchev–Trinajstić information content (AvgIpc) is 2.96. The number of hydrogen-bond donors (Lipinski definition) is 1. The Morgan fingerprint density at radius 2 is 1.90 bits per heavy atom. The van der Waals surface area contributed by atoms with Crippen LogP contribution >= 0.6 is 27.7 Å². The maximum absolute atomic E-state index is 3.72. The molecule has 3 heteroatoms. The molecule has 1 aliphatic rings. The van der Waals surface area contributed by atoms with E-state index in [4.69, 9.17) is 0 Å². The highest BCUT2D eigenvalue weighted by atomic mass is 79.9. The highest BCUT2D eigenvalue weighted by Gasteiger charge is 2.12. The summed E-state index contributed by atoms with van der Waals surface area (Å²) in [5, 5.41) is 3.28. The Balaban J connectivity index is 1.81. The molecular formula is C18H20BrNS. The van der Waals surface area contributed by atoms with Crippen molar-refractivity contribution in [3.63, 3.8) is 0 Å². The van der Waals surface area contributed by atoms with E-state index in [0.717, 1.165) is 0 Å². The van der Waals surface area contributed by atoms with Crippen molar-refractivity contribution in [2.45, 2.75) is 42.0 Å². The first kappa shape index (κ1) is 15.1. The van der Waals surface area contributed by atoms with Gasteiger partial charge in [0.25, 0.3) is 0 Å². The fourth-order valence-electron chi connectivity index (χ4n) is 2.77. The Labute approximate surface area is 139 Å². The van der Waals surface area contributed by atoms with E-state index in [2.05, 4.69) is 64.6 Å². The number of nitrogens with one attached hydrogen (secondary N) is 1. The minimum atomic E-state index is 0.375. The van der Waals surface area contributed by atoms with Gasteiger partial charge in [-0.15, -0.1) is 0 Å². The third-order valence-electron chi connectivity index (χ3n) is 4.19. The predicted molar refractivity (Wildman–Crippen MR) is 94.2 cm³/mol. The molecule has 0 heterocycles. The molecule has 1 nitrogen and oxygen atoms in total. The van der Waals surface area contributed by atoms with E-state index in [-0.39, 0.29) is 0 Å². The Bertz CT molecular complexity index is 654. The quantitative estimate of drug-likeness (QED) is 0.785. The molecule has 0 fully saturated rings. The van der Waals surface area contributed by atoms with E-state index in [1.807, 2.05) is 18.8 Å². The van der Waals surface area contributed by atoms with Gasteiger partial charge >= 0.3 is 0 Å². The first-order valence-corrected chi connectivity index (χ1v) is 9.04. The summed E-state index contributed by atoms with van der Waals surface area (Å²) in [6.07, 6.45) is 3.80. The summed E-state index contributed by atoms with van der Waals surface area (Å²) < 4.78 is 1.17. The van der Waals surface area contributed by atoms with E-state index in [1.165, 1.54) is 50.2 Å². The Kier molecular flexibility index (Phi) is 4.72. The van der Waals surface area contributed by atoms with Crippen LogP contribution in [0.15, 0.2) is 50.7 Å². The van der Waals surface area contributed by atoms with Gasteiger partial charge in [0.05, 0.1) is 0 Å². The molecule has 1 N–H and O–H groups in total. The molecule has 0 radical (unpaired) electrons. The Morgan fingerprint density at radius 1 is 1.10 bits per heavy atom. The van der Waals surface area contributed by atoms with Gasteiger partial charge in [-0.05, 0) is 90.1 Å². The van der Waals surface area contributed by atoms with Crippen molar-refractivity contribution in [2.24, 2.45) is 0 Å². The van der Waals surface area contributed by atoms with Gasteiger partial charge in [-0.2, -0.15) is 0 Å². The van der Waals surface area contributed by atoms with Crippen LogP contribution < -0.4 is 5.32 Å². The number of hydrogen-bond acceptors (Lipinski definition) is 2. The van der Waals surface area contributed by atoms with Crippen LogP contribution in [0.3, 0.4) is 0 Å². The third-order valence-corrected chi connectivity index (χ3v) is 6.17. The normalized spacial score (nSPS) is 15.0. The second kappa shape index (κ2) is 6.55. The van der Waals surface area contributed by atoms with Gasteiger partial charge in [-0.25, -0.2) is 0 Å². The molecule has 1 unspecified atom stereocenters. The second-order valence-corrected chi connectivity index (χ2v) is 7.56. The molecule has 1 atom stereocenters. The van der Waals surface area contributed by atoms with Crippen LogP contribution in [0, 0.1) is 0 Å². The van der Waals surface area contributed by atoms with E-state index in [0.29, 0.717) is 6.04 Å². The summed E-state index contributed by atoms with van der Waals surface area (Å²) in [6, 6.07) is 13.9. The van der Waals surface area contributed by atoms with Gasteiger partial charge in [0, 0.05) is 20.3 Å². The number of fused-ring (bicyclic) bond motifs is 1. The van der Waals surface area contributed by atoms with Crippen LogP contribution in [0.4, 0.5) is 0 Å². The van der Waals surface area contributed by atoms with Crippen molar-refractivity contribution in [3.05, 3.63) is 57.6 Å². The molecule has 0 aromatic heterocycles. The zero-order valence-corrected chi connectivity index (χ0v) is 14.9. The van der Waals surface area contributed by atoms with E-state index >= 15 is 0 Å². The minimum Gasteiger partial charge on any atom is -0.313 e. The fraction of sp³-hybridized carbons (Fsp3) is 0.333. The summed E-state index contributed by atoms with van der Waals surface area (Å²) in [5.74, 6) is 0. The topological polar surface area (TPSA) is 12.0 Å². The zero-order chi connectivity index (χ0) is 14.8. The van der Waals surface area contributed by atoms with Crippen molar-refractivity contribution in [2.75, 3.05) is 7.05 Å². The minimum absolute atomic E-state index is 0.375. The van der Waals surface area contributed by atoms with Crippen LogP contribution in [0.5, 0.6) is 0 Å². The van der Waals surface area contributed by atoms with E-state index in [1.54, 1.807) is 0 Å². The SMILES string of the molecule is CNC(C)c1ccc(Sc2ccc3c(c2)CCC3)c(Br)c1. The molecule has 0 amide bonds. The number of halogens is 1. The van der Waals surface area contributed by atoms with Crippen LogP contribution in [-0.2, 0) is 12.8 Å². The van der Waals surface area contributed by atoms with Crippen molar-refractivity contribution in [1.82, 2.24) is 5.32 Å². The van der Waals surface area contributed by atoms with Crippen LogP contribution in [0.2, 0.25) is 0 Å². The molecule has 3 rings (SSSR count). The van der Waals surface area contributed by atoms with E-state index in [9.17, 15) is 0 Å². The smallest absolute Gasteiger partial charge is 0.0318 e. The van der Waals surface area contributed by atoms with Gasteiger partial charge in [0.2, 0.25) is 0 Å². The highest BCUT2D eigenvalue weighted by Crippen LogP contribution is 2.36. The summed E-state index contributed by atoms with van der Waals surface area (Å²) in [5.41, 5.74) is 4.39. The Morgan fingerprint density at radius 3 is 2.67 bits per heavy atom. The van der Waals surface area contributed by atoms with Crippen LogP contribution in [0.1, 0.15) is 36.1 Å². The number of benzene rings is 2. The first-order chi connectivity index (χ1) is 10.2. The maximum atomic E-state index is 3.72. The molecule has 2 aromatic carbocycles. The number of rotatable bonds is 4. The third kappa shape index (κ3) is 3.36. The largest absolute Gasteiger partial charge is 0.313 e. The monoisotopic (exact) mass is 361 g/mol. The molecule has 0 saturated carbocycles. The lowest BCUT2D eigenvalue weighted by molar-refractivity contribution is 0.651. The Hall–Kier alpha value is -0.770. The first-order valence-electron chi connectivity index (χ1n) is 7.44. The molecule has 1 aliphatic carbocycles. The van der Waals surface area contributed by atoms with Crippen molar-refractivity contribution < 1.29 is 0 Å². The molecule has 0 bridgehead atoms. The molecule has 0 aliphatic heterocycles. The lowest BCUT2D eigenvalue weighted by Gasteiger charge is -2.13. The number of aryl methyl sites for hydroxylation is 2. The summed E-state index contributed by atoms with van der Waals surface area (Å²) in [4.78, 5) is 2.62. The van der Waals surface area contributed by atoms with Crippen molar-refractivity contribution >= 4 is 27.7 Å². The molecule has 0 saturated heterocycles. The summed E-state index contributed by atoms with van der Waals surface area (Å²) in [7, 11) is 1.99. The van der Waals surface area contributed by atoms with E-state index < -0.39 is 0 Å². The van der Waals surface area contributed by atoms with Gasteiger partial charge < -0.3 is 5.32 Å². The fourth-order valence-corrected chi connectivity index (χ4v) is 4.30. The van der Waals surface area contributed by atoms with Gasteiger partial charge in [0.1, 0.15) is 0 Å². The van der Waals surface area contributed by atoms with Gasteiger partial charge in [0.15, 0.2) is 0 Å². The van der Waals surface area contributed by atoms with Gasteiger partial charge in [-0.3, -0.25) is 0 Å². The summed E-state index contributed by atoms with van der Waals surface area (Å²) in [6.45, 7) is 2.18. The predicted octanol–water partition coefficient (Wildman–Crippen LogP) is 5.37. The maximum Gasteiger partial charge on any atom is 0.0318 e. The molecular weight excluding hydrogens is 342 g/mol. The summed E-state index contributed by atoms with van der Waals surface area (Å²) >= 11 is 5.56. The second-order valence-electron chi connectivity index (χ2n) is 5.59. The standard InChI is InChI=1S/C18H20BrNS/c1-12(20-2)14-7-9-18(17(19)11-14)21-16-8-6-13-4-3-5-15(13)10-16/h6-12,20H,3-5H2,1-2H3. The van der Waals surface area contributed by atoms with Crippen LogP contribution in [0.25, 0.3) is 0 Å². The average molecular weight is 362 g/mol. The van der Waals surface area contributed by atoms with Crippen molar-refractivity contribution in [1.29, 1.82) is 0 Å². The van der Waals surface area contributed by atoms with Gasteiger partial charge in [-0.1, -0.05) is 23.9 Å². The lowest BCUT2D eigenvalue weighted by Crippen LogP contribution is -2.12. The molecule has 21 heavy (non-hydrogen) atoms.